The quantitative estimate of drug-likeness (QED) is 0.102. The van der Waals surface area contributed by atoms with E-state index in [0.29, 0.717) is 34.4 Å². The molecule has 0 N–H and O–H groups in total. The molecule has 1 aliphatic rings. The predicted molar refractivity (Wildman–Crippen MR) is 191 cm³/mol. The van der Waals surface area contributed by atoms with Gasteiger partial charge in [0, 0.05) is 38.8 Å². The second-order valence-electron chi connectivity index (χ2n) is 13.7. The third-order valence-electron chi connectivity index (χ3n) is 9.24. The number of rotatable bonds is 12. The first-order valence-electron chi connectivity index (χ1n) is 17.1. The van der Waals surface area contributed by atoms with Crippen LogP contribution in [0.15, 0.2) is 42.5 Å². The van der Waals surface area contributed by atoms with Crippen LogP contribution in [0.1, 0.15) is 97.6 Å². The van der Waals surface area contributed by atoms with Crippen LogP contribution in [0.4, 0.5) is 0 Å². The smallest absolute Gasteiger partial charge is 0.303 e. The largest absolute Gasteiger partial charge is 0.496 e. The molecule has 1 heterocycles. The Kier molecular flexibility index (Phi) is 14.2. The van der Waals surface area contributed by atoms with E-state index in [9.17, 15) is 19.2 Å². The maximum Gasteiger partial charge on any atom is 0.303 e. The van der Waals surface area contributed by atoms with Crippen LogP contribution in [0.2, 0.25) is 16.6 Å². The Morgan fingerprint density at radius 2 is 1.24 bits per heavy atom. The topological polar surface area (TPSA) is 124 Å². The van der Waals surface area contributed by atoms with Crippen LogP contribution in [-0.2, 0) is 49.3 Å². The van der Waals surface area contributed by atoms with Gasteiger partial charge in [0.15, 0.2) is 18.3 Å². The molecule has 3 rings (SSSR count). The van der Waals surface area contributed by atoms with Crippen molar-refractivity contribution in [2.75, 3.05) is 13.7 Å². The summed E-state index contributed by atoms with van der Waals surface area (Å²) in [5.74, 6) is 1.27. The third kappa shape index (κ3) is 9.98. The van der Waals surface area contributed by atoms with Gasteiger partial charge in [0.05, 0.1) is 7.11 Å². The van der Waals surface area contributed by atoms with E-state index in [0.717, 1.165) is 16.7 Å². The zero-order chi connectivity index (χ0) is 37.3. The fourth-order valence-corrected chi connectivity index (χ4v) is 12.4. The molecule has 0 spiro atoms. The van der Waals surface area contributed by atoms with Crippen molar-refractivity contribution in [3.05, 3.63) is 64.7 Å². The third-order valence-corrected chi connectivity index (χ3v) is 15.5. The average molecular weight is 709 g/mol. The Bertz CT molecular complexity index is 1550. The summed E-state index contributed by atoms with van der Waals surface area (Å²) in [5, 5.41) is 0. The molecule has 0 aliphatic carbocycles. The van der Waals surface area contributed by atoms with Crippen molar-refractivity contribution in [1.82, 2.24) is 0 Å². The maximum absolute atomic E-state index is 12.4. The number of carbonyl (C=O) groups excluding carboxylic acids is 4. The molecule has 50 heavy (non-hydrogen) atoms. The number of carbonyl (C=O) groups is 4. The molecule has 10 nitrogen and oxygen atoms in total. The van der Waals surface area contributed by atoms with Crippen LogP contribution in [0.25, 0.3) is 0 Å². The van der Waals surface area contributed by atoms with Crippen molar-refractivity contribution in [3.8, 4) is 17.2 Å². The Hall–Kier alpha value is -4.14. The molecule has 2 aromatic carbocycles. The predicted octanol–water partition coefficient (Wildman–Crippen LogP) is 6.65. The molecule has 1 fully saturated rings. The maximum atomic E-state index is 12.4. The summed E-state index contributed by atoms with van der Waals surface area (Å²) in [6.07, 6.45) is -5.36. The summed E-state index contributed by atoms with van der Waals surface area (Å²) in [5.41, 5.74) is 8.83. The van der Waals surface area contributed by atoms with Gasteiger partial charge in [0.2, 0.25) is 0 Å². The Labute approximate surface area is 297 Å². The fourth-order valence-electron chi connectivity index (χ4n) is 7.15. The van der Waals surface area contributed by atoms with Crippen LogP contribution < -0.4 is 4.74 Å². The van der Waals surface area contributed by atoms with Gasteiger partial charge in [-0.25, -0.2) is 0 Å². The lowest BCUT2D eigenvalue weighted by atomic mass is 9.88. The SMILES string of the molecule is COc1ccc(Cc2ccc(C#C[Si](C(C)C)(C(C)C)C(C)C)cc2)cc1[C@@H]1OC(COC(C)=O)[C@@H](OC(C)=O)[C@H](OC(C)=O)[C@H]1OC(C)=O. The normalized spacial score (nSPS) is 20.5. The van der Waals surface area contributed by atoms with Gasteiger partial charge >= 0.3 is 23.9 Å². The van der Waals surface area contributed by atoms with Gasteiger partial charge in [-0.3, -0.25) is 19.2 Å². The molecule has 5 atom stereocenters. The molecule has 0 radical (unpaired) electrons. The number of hydrogen-bond acceptors (Lipinski definition) is 10. The summed E-state index contributed by atoms with van der Waals surface area (Å²) in [6.45, 7) is 18.3. The summed E-state index contributed by atoms with van der Waals surface area (Å²) >= 11 is 0. The van der Waals surface area contributed by atoms with E-state index in [4.69, 9.17) is 28.4 Å². The highest BCUT2D eigenvalue weighted by atomic mass is 28.3. The highest BCUT2D eigenvalue weighted by Crippen LogP contribution is 2.42. The average Bonchev–Trinajstić information content (AvgIpc) is 3.02. The number of ether oxygens (including phenoxy) is 6. The molecule has 272 valence electrons. The molecule has 1 aliphatic heterocycles. The molecule has 0 bridgehead atoms. The second kappa shape index (κ2) is 17.7. The van der Waals surface area contributed by atoms with Gasteiger partial charge in [-0.1, -0.05) is 65.7 Å². The first kappa shape index (κ1) is 40.3. The Balaban J connectivity index is 2.04. The van der Waals surface area contributed by atoms with Crippen molar-refractivity contribution >= 4 is 32.0 Å². The van der Waals surface area contributed by atoms with Gasteiger partial charge in [-0.05, 0) is 58.4 Å². The molecule has 1 saturated heterocycles. The van der Waals surface area contributed by atoms with E-state index < -0.39 is 62.5 Å². The molecule has 1 unspecified atom stereocenters. The van der Waals surface area contributed by atoms with Crippen LogP contribution in [0, 0.1) is 11.5 Å². The monoisotopic (exact) mass is 708 g/mol. The molecule has 0 saturated carbocycles. The minimum absolute atomic E-state index is 0.319. The number of hydrogen-bond donors (Lipinski definition) is 0. The van der Waals surface area contributed by atoms with Gasteiger partial charge < -0.3 is 28.4 Å². The van der Waals surface area contributed by atoms with E-state index in [2.05, 4.69) is 65.1 Å². The van der Waals surface area contributed by atoms with Gasteiger partial charge in [-0.2, -0.15) is 0 Å². The van der Waals surface area contributed by atoms with Crippen LogP contribution in [0.5, 0.6) is 5.75 Å². The number of methoxy groups -OCH3 is 1. The van der Waals surface area contributed by atoms with E-state index in [1.807, 2.05) is 24.3 Å². The first-order valence-corrected chi connectivity index (χ1v) is 19.3. The van der Waals surface area contributed by atoms with E-state index >= 15 is 0 Å². The lowest BCUT2D eigenvalue weighted by molar-refractivity contribution is -0.254. The minimum Gasteiger partial charge on any atom is -0.496 e. The summed E-state index contributed by atoms with van der Waals surface area (Å²) < 4.78 is 34.2. The molecule has 0 aromatic heterocycles. The lowest BCUT2D eigenvalue weighted by Gasteiger charge is -2.44. The van der Waals surface area contributed by atoms with Crippen LogP contribution in [-0.4, -0.2) is 70.1 Å². The van der Waals surface area contributed by atoms with Crippen molar-refractivity contribution in [2.45, 2.75) is 123 Å². The van der Waals surface area contributed by atoms with Gasteiger partial charge in [0.1, 0.15) is 32.6 Å². The molecular formula is C39H52O10Si. The number of esters is 4. The Morgan fingerprint density at radius 1 is 0.720 bits per heavy atom. The van der Waals surface area contributed by atoms with Crippen molar-refractivity contribution in [1.29, 1.82) is 0 Å². The lowest BCUT2D eigenvalue weighted by Crippen LogP contribution is -2.59. The van der Waals surface area contributed by atoms with Crippen LogP contribution >= 0.6 is 0 Å². The van der Waals surface area contributed by atoms with E-state index in [-0.39, 0.29) is 6.61 Å². The van der Waals surface area contributed by atoms with Gasteiger partial charge in [0.25, 0.3) is 0 Å². The molecular weight excluding hydrogens is 657 g/mol. The zero-order valence-electron chi connectivity index (χ0n) is 31.2. The van der Waals surface area contributed by atoms with Gasteiger partial charge in [-0.15, -0.1) is 5.54 Å². The Morgan fingerprint density at radius 3 is 1.74 bits per heavy atom. The fraction of sp³-hybridized carbons (Fsp3) is 0.538. The van der Waals surface area contributed by atoms with Crippen molar-refractivity contribution < 1.29 is 47.6 Å². The number of benzene rings is 2. The van der Waals surface area contributed by atoms with Crippen LogP contribution in [0.3, 0.4) is 0 Å². The minimum atomic E-state index is -1.87. The molecule has 0 amide bonds. The highest BCUT2D eigenvalue weighted by molar-refractivity contribution is 6.90. The van der Waals surface area contributed by atoms with Crippen molar-refractivity contribution in [3.63, 3.8) is 0 Å². The van der Waals surface area contributed by atoms with Crippen molar-refractivity contribution in [2.24, 2.45) is 0 Å². The highest BCUT2D eigenvalue weighted by Gasteiger charge is 2.53. The van der Waals surface area contributed by atoms with E-state index in [1.54, 1.807) is 6.07 Å². The standard InChI is InChI=1S/C39H52O10Si/c1-23(2)50(24(3)4,25(5)6)19-18-30-12-14-31(15-13-30)20-32-16-17-34(44-11)33(21-32)36-38(47-28(9)42)39(48-29(10)43)37(46-27(8)41)35(49-36)22-45-26(7)40/h12-17,21,23-25,35-39H,20,22H2,1-11H3/t35?,36-,37+,38-,39-/m0/s1. The summed E-state index contributed by atoms with van der Waals surface area (Å²) in [4.78, 5) is 48.6. The second-order valence-corrected chi connectivity index (χ2v) is 19.3. The summed E-state index contributed by atoms with van der Waals surface area (Å²) in [7, 11) is -0.370. The first-order chi connectivity index (χ1) is 23.5. The van der Waals surface area contributed by atoms with E-state index in [1.165, 1.54) is 34.8 Å². The molecule has 2 aromatic rings. The zero-order valence-corrected chi connectivity index (χ0v) is 32.2. The summed E-state index contributed by atoms with van der Waals surface area (Å²) in [6, 6.07) is 13.8. The molecule has 11 heteroatoms.